The molecule has 29 heavy (non-hydrogen) atoms. The number of rotatable bonds is 3. The highest BCUT2D eigenvalue weighted by molar-refractivity contribution is 6.20. The summed E-state index contributed by atoms with van der Waals surface area (Å²) in [5.74, 6) is 0. The van der Waals surface area contributed by atoms with Crippen molar-refractivity contribution in [3.8, 4) is 0 Å². The normalized spacial score (nSPS) is 12.1. The predicted octanol–water partition coefficient (Wildman–Crippen LogP) is 4.89. The Hall–Kier alpha value is -3.12. The van der Waals surface area contributed by atoms with Crippen molar-refractivity contribution in [3.63, 3.8) is 0 Å². The molecule has 0 N–H and O–H groups in total. The highest BCUT2D eigenvalue weighted by Crippen LogP contribution is 2.33. The van der Waals surface area contributed by atoms with E-state index < -0.39 is 17.3 Å². The van der Waals surface area contributed by atoms with Gasteiger partial charge in [-0.25, -0.2) is 9.36 Å². The standard InChI is InChI=1S/C23H24N2O4/c1-5-28-14-24-17-12-8-6-10-15(17)19-16-11-7-9-13-18(16)25(21(26)20(19)24)22(27)29-23(2,3)4/h6-13H,5,14H2,1-4H3. The van der Waals surface area contributed by atoms with Gasteiger partial charge in [0.05, 0.1) is 11.0 Å². The zero-order chi connectivity index (χ0) is 20.8. The molecule has 0 aliphatic heterocycles. The van der Waals surface area contributed by atoms with Crippen molar-refractivity contribution in [3.05, 3.63) is 58.9 Å². The number of carbonyl (C=O) groups excluding carboxylic acids is 1. The zero-order valence-corrected chi connectivity index (χ0v) is 17.1. The second-order valence-electron chi connectivity index (χ2n) is 7.93. The van der Waals surface area contributed by atoms with Gasteiger partial charge in [0.15, 0.2) is 0 Å². The van der Waals surface area contributed by atoms with E-state index in [4.69, 9.17) is 9.47 Å². The maximum atomic E-state index is 13.6. The van der Waals surface area contributed by atoms with Crippen LogP contribution in [0.15, 0.2) is 53.3 Å². The maximum Gasteiger partial charge on any atom is 0.422 e. The van der Waals surface area contributed by atoms with Crippen LogP contribution in [0.5, 0.6) is 0 Å². The molecule has 0 spiro atoms. The summed E-state index contributed by atoms with van der Waals surface area (Å²) >= 11 is 0. The van der Waals surface area contributed by atoms with Gasteiger partial charge in [0.25, 0.3) is 5.56 Å². The van der Waals surface area contributed by atoms with E-state index in [2.05, 4.69) is 0 Å². The van der Waals surface area contributed by atoms with Crippen LogP contribution < -0.4 is 5.56 Å². The van der Waals surface area contributed by atoms with Crippen LogP contribution in [0.2, 0.25) is 0 Å². The maximum absolute atomic E-state index is 13.6. The number of hydrogen-bond acceptors (Lipinski definition) is 4. The lowest BCUT2D eigenvalue weighted by Crippen LogP contribution is -2.34. The molecule has 0 amide bonds. The molecule has 6 heteroatoms. The van der Waals surface area contributed by atoms with Gasteiger partial charge in [0.2, 0.25) is 0 Å². The molecule has 0 aliphatic carbocycles. The predicted molar refractivity (Wildman–Crippen MR) is 114 cm³/mol. The summed E-state index contributed by atoms with van der Waals surface area (Å²) in [5, 5.41) is 2.59. The topological polar surface area (TPSA) is 62.5 Å². The van der Waals surface area contributed by atoms with Gasteiger partial charge >= 0.3 is 6.09 Å². The fourth-order valence-electron chi connectivity index (χ4n) is 3.70. The van der Waals surface area contributed by atoms with E-state index in [0.29, 0.717) is 17.6 Å². The first-order valence-electron chi connectivity index (χ1n) is 9.69. The first-order chi connectivity index (χ1) is 13.8. The lowest BCUT2D eigenvalue weighted by molar-refractivity contribution is 0.0538. The molecule has 0 aliphatic rings. The summed E-state index contributed by atoms with van der Waals surface area (Å²) in [4.78, 5) is 26.6. The molecule has 0 bridgehead atoms. The molecule has 0 saturated heterocycles. The van der Waals surface area contributed by atoms with E-state index >= 15 is 0 Å². The third-order valence-electron chi connectivity index (χ3n) is 4.79. The first kappa shape index (κ1) is 19.2. The molecule has 0 radical (unpaired) electrons. The minimum absolute atomic E-state index is 0.225. The zero-order valence-electron chi connectivity index (χ0n) is 17.1. The summed E-state index contributed by atoms with van der Waals surface area (Å²) in [7, 11) is 0. The number of ether oxygens (including phenoxy) is 2. The fourth-order valence-corrected chi connectivity index (χ4v) is 3.70. The Morgan fingerprint density at radius 2 is 1.55 bits per heavy atom. The van der Waals surface area contributed by atoms with Gasteiger partial charge in [-0.3, -0.25) is 4.79 Å². The minimum atomic E-state index is -0.718. The van der Waals surface area contributed by atoms with Gasteiger partial charge in [0, 0.05) is 22.8 Å². The minimum Gasteiger partial charge on any atom is -0.443 e. The molecule has 0 fully saturated rings. The summed E-state index contributed by atoms with van der Waals surface area (Å²) in [5.41, 5.74) is 0.719. The van der Waals surface area contributed by atoms with E-state index in [1.165, 1.54) is 0 Å². The van der Waals surface area contributed by atoms with E-state index in [9.17, 15) is 9.59 Å². The summed E-state index contributed by atoms with van der Waals surface area (Å²) < 4.78 is 14.1. The average molecular weight is 392 g/mol. The number of fused-ring (bicyclic) bond motifs is 5. The van der Waals surface area contributed by atoms with Gasteiger partial charge in [-0.15, -0.1) is 0 Å². The molecule has 0 atom stereocenters. The van der Waals surface area contributed by atoms with Gasteiger partial charge < -0.3 is 14.0 Å². The fraction of sp³-hybridized carbons (Fsp3) is 0.304. The summed E-state index contributed by atoms with van der Waals surface area (Å²) in [6.45, 7) is 7.99. The van der Waals surface area contributed by atoms with Crippen LogP contribution in [0.25, 0.3) is 32.7 Å². The van der Waals surface area contributed by atoms with Crippen LogP contribution in [-0.4, -0.2) is 27.4 Å². The van der Waals surface area contributed by atoms with Crippen LogP contribution in [-0.2, 0) is 16.2 Å². The van der Waals surface area contributed by atoms with E-state index in [-0.39, 0.29) is 6.73 Å². The number of hydrogen-bond donors (Lipinski definition) is 0. The highest BCUT2D eigenvalue weighted by atomic mass is 16.6. The highest BCUT2D eigenvalue weighted by Gasteiger charge is 2.25. The van der Waals surface area contributed by atoms with Crippen molar-refractivity contribution in [1.29, 1.82) is 0 Å². The third-order valence-corrected chi connectivity index (χ3v) is 4.79. The number of carbonyl (C=O) groups is 1. The van der Waals surface area contributed by atoms with Crippen LogP contribution in [0.4, 0.5) is 4.79 Å². The van der Waals surface area contributed by atoms with Crippen LogP contribution in [0.1, 0.15) is 27.7 Å². The number of para-hydroxylation sites is 2. The lowest BCUT2D eigenvalue weighted by Gasteiger charge is -2.21. The Morgan fingerprint density at radius 1 is 0.966 bits per heavy atom. The molecule has 2 heterocycles. The lowest BCUT2D eigenvalue weighted by atomic mass is 10.1. The molecule has 4 rings (SSSR count). The number of pyridine rings is 1. The van der Waals surface area contributed by atoms with Crippen molar-refractivity contribution in [2.75, 3.05) is 6.61 Å². The number of nitrogens with zero attached hydrogens (tertiary/aromatic N) is 2. The van der Waals surface area contributed by atoms with E-state index in [1.807, 2.05) is 54.0 Å². The Labute approximate surface area is 168 Å². The number of benzene rings is 2. The van der Waals surface area contributed by atoms with Crippen LogP contribution in [0.3, 0.4) is 0 Å². The number of aromatic nitrogens is 2. The molecular weight excluding hydrogens is 368 g/mol. The second kappa shape index (κ2) is 7.04. The molecule has 4 aromatic rings. The van der Waals surface area contributed by atoms with Gasteiger partial charge in [-0.1, -0.05) is 36.4 Å². The Kier molecular flexibility index (Phi) is 4.67. The molecule has 2 aromatic heterocycles. The van der Waals surface area contributed by atoms with Gasteiger partial charge in [-0.2, -0.15) is 0 Å². The summed E-state index contributed by atoms with van der Waals surface area (Å²) in [6.07, 6.45) is -0.686. The van der Waals surface area contributed by atoms with E-state index in [0.717, 1.165) is 26.2 Å². The molecular formula is C23H24N2O4. The second-order valence-corrected chi connectivity index (χ2v) is 7.93. The van der Waals surface area contributed by atoms with Gasteiger partial charge in [0.1, 0.15) is 17.8 Å². The van der Waals surface area contributed by atoms with Crippen LogP contribution >= 0.6 is 0 Å². The smallest absolute Gasteiger partial charge is 0.422 e. The van der Waals surface area contributed by atoms with Crippen molar-refractivity contribution in [1.82, 2.24) is 9.13 Å². The summed E-state index contributed by atoms with van der Waals surface area (Å²) in [6, 6.07) is 15.2. The monoisotopic (exact) mass is 392 g/mol. The van der Waals surface area contributed by atoms with Gasteiger partial charge in [-0.05, 0) is 39.8 Å². The SMILES string of the molecule is CCOCn1c2ccccc2c2c3ccccc3n(C(=O)OC(C)(C)C)c(=O)c21. The Morgan fingerprint density at radius 3 is 2.17 bits per heavy atom. The van der Waals surface area contributed by atoms with Crippen molar-refractivity contribution >= 4 is 38.8 Å². The Balaban J connectivity index is 2.18. The van der Waals surface area contributed by atoms with Crippen molar-refractivity contribution in [2.45, 2.75) is 40.0 Å². The molecule has 150 valence electrons. The average Bonchev–Trinajstić information content (AvgIpc) is 3.00. The Bertz CT molecular complexity index is 1290. The molecule has 0 saturated carbocycles. The van der Waals surface area contributed by atoms with Crippen molar-refractivity contribution < 1.29 is 14.3 Å². The molecule has 0 unspecified atom stereocenters. The van der Waals surface area contributed by atoms with Crippen LogP contribution in [0, 0.1) is 0 Å². The molecule has 2 aromatic carbocycles. The largest absolute Gasteiger partial charge is 0.443 e. The van der Waals surface area contributed by atoms with Crippen molar-refractivity contribution in [2.24, 2.45) is 0 Å². The molecule has 6 nitrogen and oxygen atoms in total. The first-order valence-corrected chi connectivity index (χ1v) is 9.69. The quantitative estimate of drug-likeness (QED) is 0.498. The third kappa shape index (κ3) is 3.19. The van der Waals surface area contributed by atoms with E-state index in [1.54, 1.807) is 26.8 Å².